The Labute approximate surface area is 149 Å². The molecule has 1 unspecified atom stereocenters. The van der Waals surface area contributed by atoms with Gasteiger partial charge in [0.1, 0.15) is 11.8 Å². The zero-order chi connectivity index (χ0) is 19.2. The zero-order valence-corrected chi connectivity index (χ0v) is 14.0. The van der Waals surface area contributed by atoms with E-state index in [-0.39, 0.29) is 12.5 Å². The number of ether oxygens (including phenoxy) is 1. The van der Waals surface area contributed by atoms with Crippen LogP contribution in [0.4, 0.5) is 13.2 Å². The molecular formula is C19H17F3N2O2. The van der Waals surface area contributed by atoms with Crippen LogP contribution in [-0.4, -0.2) is 18.6 Å². The van der Waals surface area contributed by atoms with Crippen molar-refractivity contribution in [3.05, 3.63) is 65.2 Å². The molecule has 0 aliphatic carbocycles. The van der Waals surface area contributed by atoms with Crippen molar-refractivity contribution in [2.24, 2.45) is 0 Å². The highest BCUT2D eigenvalue weighted by molar-refractivity contribution is 5.80. The number of nitrogens with zero attached hydrogens (tertiary/aromatic N) is 1. The molecule has 1 atom stereocenters. The second-order valence-corrected chi connectivity index (χ2v) is 5.60. The lowest BCUT2D eigenvalue weighted by Gasteiger charge is -2.15. The standard InChI is InChI=1S/C19H17F3N2O2/c1-13(26-17-5-3-2-4-15(17)12-23)18(25)24-11-10-14-6-8-16(9-7-14)19(20,21)22/h2-9,13H,10-11H2,1H3,(H,24,25). The highest BCUT2D eigenvalue weighted by Gasteiger charge is 2.29. The third kappa shape index (κ3) is 5.24. The molecular weight excluding hydrogens is 345 g/mol. The molecule has 2 aromatic carbocycles. The molecule has 0 saturated carbocycles. The second kappa shape index (κ2) is 8.39. The molecule has 0 bridgehead atoms. The van der Waals surface area contributed by atoms with Gasteiger partial charge in [-0.3, -0.25) is 4.79 Å². The van der Waals surface area contributed by atoms with Crippen LogP contribution in [0.3, 0.4) is 0 Å². The van der Waals surface area contributed by atoms with Crippen molar-refractivity contribution in [1.29, 1.82) is 5.26 Å². The van der Waals surface area contributed by atoms with Crippen LogP contribution < -0.4 is 10.1 Å². The quantitative estimate of drug-likeness (QED) is 0.852. The van der Waals surface area contributed by atoms with Gasteiger partial charge in [0.15, 0.2) is 6.10 Å². The van der Waals surface area contributed by atoms with Crippen molar-refractivity contribution in [3.8, 4) is 11.8 Å². The van der Waals surface area contributed by atoms with Gasteiger partial charge in [-0.2, -0.15) is 18.4 Å². The molecule has 2 aromatic rings. The highest BCUT2D eigenvalue weighted by Crippen LogP contribution is 2.29. The number of carbonyl (C=O) groups excluding carboxylic acids is 1. The first-order valence-electron chi connectivity index (χ1n) is 7.91. The smallest absolute Gasteiger partial charge is 0.416 e. The number of carbonyl (C=O) groups is 1. The van der Waals surface area contributed by atoms with Crippen molar-refractivity contribution < 1.29 is 22.7 Å². The molecule has 7 heteroatoms. The number of nitriles is 1. The summed E-state index contributed by atoms with van der Waals surface area (Å²) < 4.78 is 43.0. The van der Waals surface area contributed by atoms with Crippen LogP contribution >= 0.6 is 0 Å². The Morgan fingerprint density at radius 2 is 1.85 bits per heavy atom. The molecule has 2 rings (SSSR count). The summed E-state index contributed by atoms with van der Waals surface area (Å²) >= 11 is 0. The summed E-state index contributed by atoms with van der Waals surface area (Å²) in [6.07, 6.45) is -4.78. The first kappa shape index (κ1) is 19.3. The van der Waals surface area contributed by atoms with Crippen molar-refractivity contribution in [3.63, 3.8) is 0 Å². The molecule has 0 fully saturated rings. The van der Waals surface area contributed by atoms with E-state index in [0.29, 0.717) is 23.3 Å². The predicted molar refractivity (Wildman–Crippen MR) is 89.4 cm³/mol. The van der Waals surface area contributed by atoms with E-state index in [1.54, 1.807) is 31.2 Å². The van der Waals surface area contributed by atoms with Gasteiger partial charge in [-0.15, -0.1) is 0 Å². The number of nitrogens with one attached hydrogen (secondary N) is 1. The third-order valence-corrected chi connectivity index (χ3v) is 3.67. The van der Waals surface area contributed by atoms with Gasteiger partial charge in [0, 0.05) is 6.54 Å². The van der Waals surface area contributed by atoms with Crippen LogP contribution in [0.2, 0.25) is 0 Å². The van der Waals surface area contributed by atoms with Gasteiger partial charge in [0.25, 0.3) is 5.91 Å². The second-order valence-electron chi connectivity index (χ2n) is 5.60. The van der Waals surface area contributed by atoms with E-state index < -0.39 is 17.8 Å². The Balaban J connectivity index is 1.84. The molecule has 0 aliphatic heterocycles. The molecule has 1 N–H and O–H groups in total. The molecule has 26 heavy (non-hydrogen) atoms. The molecule has 0 saturated heterocycles. The Morgan fingerprint density at radius 3 is 2.46 bits per heavy atom. The lowest BCUT2D eigenvalue weighted by molar-refractivity contribution is -0.137. The average molecular weight is 362 g/mol. The molecule has 0 spiro atoms. The lowest BCUT2D eigenvalue weighted by Crippen LogP contribution is -2.37. The maximum absolute atomic E-state index is 12.5. The van der Waals surface area contributed by atoms with Crippen LogP contribution in [0.15, 0.2) is 48.5 Å². The number of amides is 1. The molecule has 4 nitrogen and oxygen atoms in total. The molecule has 0 aromatic heterocycles. The van der Waals surface area contributed by atoms with Gasteiger partial charge < -0.3 is 10.1 Å². The Morgan fingerprint density at radius 1 is 1.19 bits per heavy atom. The summed E-state index contributed by atoms with van der Waals surface area (Å²) in [5, 5.41) is 11.7. The van der Waals surface area contributed by atoms with Gasteiger partial charge in [-0.1, -0.05) is 24.3 Å². The molecule has 0 aliphatic rings. The van der Waals surface area contributed by atoms with Crippen molar-refractivity contribution >= 4 is 5.91 Å². The van der Waals surface area contributed by atoms with Crippen LogP contribution in [0, 0.1) is 11.3 Å². The minimum Gasteiger partial charge on any atom is -0.480 e. The predicted octanol–water partition coefficient (Wildman–Crippen LogP) is 3.70. The van der Waals surface area contributed by atoms with Crippen LogP contribution in [0.1, 0.15) is 23.6 Å². The number of para-hydroxylation sites is 1. The van der Waals surface area contributed by atoms with Crippen LogP contribution in [-0.2, 0) is 17.4 Å². The minimum atomic E-state index is -4.36. The minimum absolute atomic E-state index is 0.262. The van der Waals surface area contributed by atoms with Crippen molar-refractivity contribution in [2.45, 2.75) is 25.6 Å². The van der Waals surface area contributed by atoms with E-state index in [2.05, 4.69) is 5.32 Å². The Hall–Kier alpha value is -3.01. The normalized spacial score (nSPS) is 12.1. The van der Waals surface area contributed by atoms with E-state index in [0.717, 1.165) is 12.1 Å². The fourth-order valence-corrected chi connectivity index (χ4v) is 2.24. The van der Waals surface area contributed by atoms with Gasteiger partial charge in [-0.25, -0.2) is 0 Å². The van der Waals surface area contributed by atoms with Crippen LogP contribution in [0.5, 0.6) is 5.75 Å². The Kier molecular flexibility index (Phi) is 6.23. The topological polar surface area (TPSA) is 62.1 Å². The molecule has 0 heterocycles. The number of halogens is 3. The van der Waals surface area contributed by atoms with E-state index in [4.69, 9.17) is 10.00 Å². The number of hydrogen-bond donors (Lipinski definition) is 1. The fourth-order valence-electron chi connectivity index (χ4n) is 2.24. The summed E-state index contributed by atoms with van der Waals surface area (Å²) in [6, 6.07) is 13.4. The van der Waals surface area contributed by atoms with E-state index in [9.17, 15) is 18.0 Å². The summed E-state index contributed by atoms with van der Waals surface area (Å²) in [7, 11) is 0. The van der Waals surface area contributed by atoms with Gasteiger partial charge in [0.2, 0.25) is 0 Å². The van der Waals surface area contributed by atoms with Gasteiger partial charge in [0.05, 0.1) is 11.1 Å². The number of alkyl halides is 3. The molecule has 1 amide bonds. The maximum atomic E-state index is 12.5. The monoisotopic (exact) mass is 362 g/mol. The van der Waals surface area contributed by atoms with Crippen LogP contribution in [0.25, 0.3) is 0 Å². The third-order valence-electron chi connectivity index (χ3n) is 3.67. The number of hydrogen-bond acceptors (Lipinski definition) is 3. The lowest BCUT2D eigenvalue weighted by atomic mass is 10.1. The van der Waals surface area contributed by atoms with Gasteiger partial charge >= 0.3 is 6.18 Å². The maximum Gasteiger partial charge on any atom is 0.416 e. The van der Waals surface area contributed by atoms with E-state index in [1.165, 1.54) is 12.1 Å². The first-order valence-corrected chi connectivity index (χ1v) is 7.91. The fraction of sp³-hybridized carbons (Fsp3) is 0.263. The zero-order valence-electron chi connectivity index (χ0n) is 14.0. The molecule has 136 valence electrons. The number of benzene rings is 2. The molecule has 0 radical (unpaired) electrons. The summed E-state index contributed by atoms with van der Waals surface area (Å²) in [5.74, 6) is -0.0509. The summed E-state index contributed by atoms with van der Waals surface area (Å²) in [5.41, 5.74) is 0.307. The summed E-state index contributed by atoms with van der Waals surface area (Å²) in [6.45, 7) is 1.82. The SMILES string of the molecule is CC(Oc1ccccc1C#N)C(=O)NCCc1ccc(C(F)(F)F)cc1. The van der Waals surface area contributed by atoms with Crippen molar-refractivity contribution in [1.82, 2.24) is 5.32 Å². The average Bonchev–Trinajstić information content (AvgIpc) is 2.61. The van der Waals surface area contributed by atoms with Gasteiger partial charge in [-0.05, 0) is 43.2 Å². The largest absolute Gasteiger partial charge is 0.480 e. The Bertz CT molecular complexity index is 796. The number of rotatable bonds is 6. The highest BCUT2D eigenvalue weighted by atomic mass is 19.4. The summed E-state index contributed by atoms with van der Waals surface area (Å²) in [4.78, 5) is 12.1. The van der Waals surface area contributed by atoms with E-state index in [1.807, 2.05) is 6.07 Å². The van der Waals surface area contributed by atoms with Crippen molar-refractivity contribution in [2.75, 3.05) is 6.54 Å². The first-order chi connectivity index (χ1) is 12.3. The van der Waals surface area contributed by atoms with E-state index >= 15 is 0 Å².